The summed E-state index contributed by atoms with van der Waals surface area (Å²) < 4.78 is 0. The number of fused-ring (bicyclic) bond motifs is 2. The van der Waals surface area contributed by atoms with Crippen LogP contribution in [-0.4, -0.2) is 35.6 Å². The van der Waals surface area contributed by atoms with Crippen molar-refractivity contribution in [3.8, 4) is 0 Å². The second-order valence-electron chi connectivity index (χ2n) is 5.82. The number of carbonyl (C=O) groups excluding carboxylic acids is 1. The minimum absolute atomic E-state index is 0.0154. The van der Waals surface area contributed by atoms with E-state index in [0.29, 0.717) is 12.1 Å². The molecular weight excluding hydrogens is 232 g/mol. The second-order valence-corrected chi connectivity index (χ2v) is 5.82. The van der Waals surface area contributed by atoms with Gasteiger partial charge in [-0.05, 0) is 25.2 Å². The molecule has 5 heteroatoms. The highest BCUT2D eigenvalue weighted by molar-refractivity contribution is 5.81. The predicted molar refractivity (Wildman–Crippen MR) is 67.0 cm³/mol. The molecule has 0 aromatic carbocycles. The highest BCUT2D eigenvalue weighted by Gasteiger charge is 2.42. The maximum absolute atomic E-state index is 12.0. The summed E-state index contributed by atoms with van der Waals surface area (Å²) in [6.07, 6.45) is 3.13. The van der Waals surface area contributed by atoms with Crippen LogP contribution in [0.1, 0.15) is 33.1 Å². The van der Waals surface area contributed by atoms with Crippen molar-refractivity contribution in [3.63, 3.8) is 0 Å². The number of hydrogen-bond donors (Lipinski definition) is 3. The normalized spacial score (nSPS) is 31.6. The van der Waals surface area contributed by atoms with Gasteiger partial charge in [0.2, 0.25) is 5.91 Å². The number of carboxylic acid groups (broad SMARTS) is 1. The maximum atomic E-state index is 12.0. The minimum atomic E-state index is -0.837. The first-order chi connectivity index (χ1) is 8.49. The molecule has 0 aromatic rings. The van der Waals surface area contributed by atoms with Gasteiger partial charge in [-0.1, -0.05) is 13.8 Å². The van der Waals surface area contributed by atoms with Gasteiger partial charge in [-0.3, -0.25) is 9.59 Å². The van der Waals surface area contributed by atoms with E-state index < -0.39 is 11.9 Å². The molecule has 2 heterocycles. The summed E-state index contributed by atoms with van der Waals surface area (Å²) in [7, 11) is 0. The zero-order valence-corrected chi connectivity index (χ0v) is 11.0. The fourth-order valence-corrected chi connectivity index (χ4v) is 3.06. The molecule has 2 aliphatic rings. The van der Waals surface area contributed by atoms with E-state index in [0.717, 1.165) is 19.3 Å². The van der Waals surface area contributed by atoms with Gasteiger partial charge in [0.1, 0.15) is 0 Å². The van der Waals surface area contributed by atoms with Crippen molar-refractivity contribution < 1.29 is 14.7 Å². The quantitative estimate of drug-likeness (QED) is 0.671. The lowest BCUT2D eigenvalue weighted by Gasteiger charge is -2.22. The Balaban J connectivity index is 1.83. The molecule has 1 amide bonds. The Morgan fingerprint density at radius 3 is 2.56 bits per heavy atom. The van der Waals surface area contributed by atoms with E-state index in [9.17, 15) is 9.59 Å². The summed E-state index contributed by atoms with van der Waals surface area (Å²) in [5, 5.41) is 15.3. The fourth-order valence-electron chi connectivity index (χ4n) is 3.06. The Morgan fingerprint density at radius 1 is 1.39 bits per heavy atom. The average Bonchev–Trinajstić information content (AvgIpc) is 2.89. The average molecular weight is 254 g/mol. The topological polar surface area (TPSA) is 78.4 Å². The molecule has 5 nitrogen and oxygen atoms in total. The summed E-state index contributed by atoms with van der Waals surface area (Å²) in [4.78, 5) is 23.1. The second kappa shape index (κ2) is 5.26. The highest BCUT2D eigenvalue weighted by Crippen LogP contribution is 2.33. The van der Waals surface area contributed by atoms with Crippen LogP contribution in [0.25, 0.3) is 0 Å². The molecule has 2 fully saturated rings. The highest BCUT2D eigenvalue weighted by atomic mass is 16.4. The Bertz CT molecular complexity index is 343. The van der Waals surface area contributed by atoms with Crippen LogP contribution >= 0.6 is 0 Å². The van der Waals surface area contributed by atoms with Gasteiger partial charge in [0, 0.05) is 18.6 Å². The standard InChI is InChI=1S/C13H22N2O3/c1-7(2)10(13(17)18)6-14-12(16)9-5-8-3-4-11(9)15-8/h7-11,15H,3-6H2,1-2H3,(H,14,16)(H,17,18). The number of amides is 1. The van der Waals surface area contributed by atoms with Gasteiger partial charge < -0.3 is 15.7 Å². The molecule has 2 rings (SSSR count). The minimum Gasteiger partial charge on any atom is -0.481 e. The molecule has 3 N–H and O–H groups in total. The molecule has 0 aliphatic carbocycles. The monoisotopic (exact) mass is 254 g/mol. The number of carbonyl (C=O) groups is 2. The molecule has 2 aliphatic heterocycles. The molecule has 18 heavy (non-hydrogen) atoms. The fraction of sp³-hybridized carbons (Fsp3) is 0.846. The Kier molecular flexibility index (Phi) is 3.90. The van der Waals surface area contributed by atoms with Gasteiger partial charge >= 0.3 is 5.97 Å². The predicted octanol–water partition coefficient (Wildman–Crippen LogP) is 0.600. The zero-order chi connectivity index (χ0) is 13.3. The van der Waals surface area contributed by atoms with Crippen LogP contribution in [0.5, 0.6) is 0 Å². The smallest absolute Gasteiger partial charge is 0.308 e. The van der Waals surface area contributed by atoms with Gasteiger partial charge in [-0.2, -0.15) is 0 Å². The van der Waals surface area contributed by atoms with E-state index in [1.54, 1.807) is 0 Å². The van der Waals surface area contributed by atoms with E-state index in [1.165, 1.54) is 0 Å². The van der Waals surface area contributed by atoms with Gasteiger partial charge in [-0.15, -0.1) is 0 Å². The van der Waals surface area contributed by atoms with Gasteiger partial charge in [0.05, 0.1) is 11.8 Å². The molecule has 102 valence electrons. The number of carboxylic acids is 1. The molecule has 0 radical (unpaired) electrons. The largest absolute Gasteiger partial charge is 0.481 e. The number of rotatable bonds is 5. The summed E-state index contributed by atoms with van der Waals surface area (Å²) in [6.45, 7) is 3.97. The molecule has 2 saturated heterocycles. The third-order valence-electron chi connectivity index (χ3n) is 4.25. The van der Waals surface area contributed by atoms with Gasteiger partial charge in [0.15, 0.2) is 0 Å². The molecule has 0 aromatic heterocycles. The van der Waals surface area contributed by atoms with Crippen molar-refractivity contribution in [1.82, 2.24) is 10.6 Å². The van der Waals surface area contributed by atoms with Crippen molar-refractivity contribution in [2.75, 3.05) is 6.54 Å². The van der Waals surface area contributed by atoms with E-state index in [4.69, 9.17) is 5.11 Å². The van der Waals surface area contributed by atoms with Crippen LogP contribution in [0.4, 0.5) is 0 Å². The Hall–Kier alpha value is -1.10. The lowest BCUT2D eigenvalue weighted by molar-refractivity contribution is -0.143. The third-order valence-corrected chi connectivity index (χ3v) is 4.25. The SMILES string of the molecule is CC(C)C(CNC(=O)C1CC2CCC1N2)C(=O)O. The number of aliphatic carboxylic acids is 1. The Morgan fingerprint density at radius 2 is 2.11 bits per heavy atom. The van der Waals surface area contributed by atoms with Crippen molar-refractivity contribution in [2.45, 2.75) is 45.2 Å². The zero-order valence-electron chi connectivity index (χ0n) is 11.0. The first kappa shape index (κ1) is 13.3. The first-order valence-electron chi connectivity index (χ1n) is 6.75. The van der Waals surface area contributed by atoms with E-state index >= 15 is 0 Å². The third kappa shape index (κ3) is 2.66. The summed E-state index contributed by atoms with van der Waals surface area (Å²) in [5.74, 6) is -1.26. The molecular formula is C13H22N2O3. The van der Waals surface area contributed by atoms with Crippen LogP contribution in [0.2, 0.25) is 0 Å². The summed E-state index contributed by atoms with van der Waals surface area (Å²) in [5.41, 5.74) is 0. The van der Waals surface area contributed by atoms with Gasteiger partial charge in [0.25, 0.3) is 0 Å². The van der Waals surface area contributed by atoms with Crippen molar-refractivity contribution in [2.24, 2.45) is 17.8 Å². The van der Waals surface area contributed by atoms with E-state index in [2.05, 4.69) is 10.6 Å². The molecule has 4 atom stereocenters. The van der Waals surface area contributed by atoms with Crippen LogP contribution in [0.3, 0.4) is 0 Å². The van der Waals surface area contributed by atoms with Crippen molar-refractivity contribution >= 4 is 11.9 Å². The van der Waals surface area contributed by atoms with Crippen LogP contribution in [-0.2, 0) is 9.59 Å². The summed E-state index contributed by atoms with van der Waals surface area (Å²) in [6, 6.07) is 0.795. The molecule has 0 spiro atoms. The van der Waals surface area contributed by atoms with Gasteiger partial charge in [-0.25, -0.2) is 0 Å². The molecule has 4 unspecified atom stereocenters. The van der Waals surface area contributed by atoms with E-state index in [1.807, 2.05) is 13.8 Å². The lowest BCUT2D eigenvalue weighted by Crippen LogP contribution is -2.41. The number of nitrogens with one attached hydrogen (secondary N) is 2. The molecule has 0 saturated carbocycles. The Labute approximate surface area is 107 Å². The van der Waals surface area contributed by atoms with Crippen molar-refractivity contribution in [1.29, 1.82) is 0 Å². The molecule has 2 bridgehead atoms. The van der Waals surface area contributed by atoms with Crippen molar-refractivity contribution in [3.05, 3.63) is 0 Å². The van der Waals surface area contributed by atoms with Crippen LogP contribution in [0.15, 0.2) is 0 Å². The first-order valence-corrected chi connectivity index (χ1v) is 6.75. The number of hydrogen-bond acceptors (Lipinski definition) is 3. The van der Waals surface area contributed by atoms with E-state index in [-0.39, 0.29) is 24.3 Å². The summed E-state index contributed by atoms with van der Waals surface area (Å²) >= 11 is 0. The van der Waals surface area contributed by atoms with Crippen LogP contribution in [0, 0.1) is 17.8 Å². The maximum Gasteiger partial charge on any atom is 0.308 e. The van der Waals surface area contributed by atoms with Crippen LogP contribution < -0.4 is 10.6 Å². The lowest BCUT2D eigenvalue weighted by atomic mass is 9.88.